The van der Waals surface area contributed by atoms with E-state index < -0.39 is 0 Å². The highest BCUT2D eigenvalue weighted by Gasteiger charge is 2.29. The molecule has 1 unspecified atom stereocenters. The highest BCUT2D eigenvalue weighted by molar-refractivity contribution is 5.50. The zero-order chi connectivity index (χ0) is 14.2. The van der Waals surface area contributed by atoms with Crippen molar-refractivity contribution in [3.63, 3.8) is 0 Å². The minimum absolute atomic E-state index is 0.783. The fourth-order valence-electron chi connectivity index (χ4n) is 4.61. The van der Waals surface area contributed by atoms with Crippen LogP contribution in [0, 0.1) is 5.92 Å². The predicted octanol–water partition coefficient (Wildman–Crippen LogP) is 4.16. The summed E-state index contributed by atoms with van der Waals surface area (Å²) >= 11 is 0. The van der Waals surface area contributed by atoms with E-state index in [4.69, 9.17) is 0 Å². The van der Waals surface area contributed by atoms with Crippen LogP contribution in [0.15, 0.2) is 6.07 Å². The lowest BCUT2D eigenvalue weighted by Crippen LogP contribution is -2.29. The summed E-state index contributed by atoms with van der Waals surface area (Å²) in [7, 11) is 0. The Balaban J connectivity index is 1.75. The van der Waals surface area contributed by atoms with Crippen molar-refractivity contribution in [1.82, 2.24) is 5.32 Å². The van der Waals surface area contributed by atoms with Crippen LogP contribution in [-0.2, 0) is 25.7 Å². The van der Waals surface area contributed by atoms with Gasteiger partial charge in [-0.25, -0.2) is 0 Å². The molecule has 1 aromatic rings. The number of rotatable bonds is 4. The maximum Gasteiger partial charge on any atom is 0.00202 e. The molecule has 1 atom stereocenters. The number of hydrogen-bond acceptors (Lipinski definition) is 1. The van der Waals surface area contributed by atoms with Crippen LogP contribution in [0.25, 0.3) is 0 Å². The molecule has 1 saturated carbocycles. The number of benzene rings is 1. The molecule has 21 heavy (non-hydrogen) atoms. The Kier molecular flexibility index (Phi) is 3.79. The molecule has 1 aliphatic heterocycles. The SMILES string of the molecule is CCc1cc(C2CCCNC2)c2c(c1CC1CC1)CCC2. The van der Waals surface area contributed by atoms with E-state index in [0.29, 0.717) is 0 Å². The number of nitrogens with one attached hydrogen (secondary N) is 1. The van der Waals surface area contributed by atoms with Gasteiger partial charge in [0.15, 0.2) is 0 Å². The first-order valence-electron chi connectivity index (χ1n) is 9.24. The molecule has 0 spiro atoms. The fraction of sp³-hybridized carbons (Fsp3) is 0.700. The van der Waals surface area contributed by atoms with E-state index in [9.17, 15) is 0 Å². The summed E-state index contributed by atoms with van der Waals surface area (Å²) in [5.41, 5.74) is 8.76. The second-order valence-electron chi connectivity index (χ2n) is 7.46. The van der Waals surface area contributed by atoms with Gasteiger partial charge in [0.1, 0.15) is 0 Å². The van der Waals surface area contributed by atoms with Crippen molar-refractivity contribution in [2.45, 2.75) is 70.6 Å². The number of aryl methyl sites for hydroxylation is 1. The largest absolute Gasteiger partial charge is 0.316 e. The van der Waals surface area contributed by atoms with Gasteiger partial charge in [-0.15, -0.1) is 0 Å². The molecule has 0 aromatic heterocycles. The Bertz CT molecular complexity index is 521. The lowest BCUT2D eigenvalue weighted by molar-refractivity contribution is 0.459. The quantitative estimate of drug-likeness (QED) is 0.875. The lowest BCUT2D eigenvalue weighted by Gasteiger charge is -2.27. The van der Waals surface area contributed by atoms with Gasteiger partial charge in [-0.2, -0.15) is 0 Å². The molecule has 3 aliphatic rings. The highest BCUT2D eigenvalue weighted by Crippen LogP contribution is 2.41. The molecule has 0 bridgehead atoms. The van der Waals surface area contributed by atoms with Gasteiger partial charge in [-0.1, -0.05) is 13.0 Å². The average molecular weight is 283 g/mol. The van der Waals surface area contributed by atoms with Gasteiger partial charge in [-0.05, 0) is 104 Å². The first kappa shape index (κ1) is 13.8. The third-order valence-corrected chi connectivity index (χ3v) is 5.96. The van der Waals surface area contributed by atoms with Gasteiger partial charge in [0.2, 0.25) is 0 Å². The van der Waals surface area contributed by atoms with Gasteiger partial charge in [0.05, 0.1) is 0 Å². The summed E-state index contributed by atoms with van der Waals surface area (Å²) in [4.78, 5) is 0. The van der Waals surface area contributed by atoms with Gasteiger partial charge in [-0.3, -0.25) is 0 Å². The first-order chi connectivity index (χ1) is 10.4. The minimum Gasteiger partial charge on any atom is -0.316 e. The van der Waals surface area contributed by atoms with E-state index in [-0.39, 0.29) is 0 Å². The molecular formula is C20H29N. The maximum absolute atomic E-state index is 3.62. The smallest absolute Gasteiger partial charge is 0.00202 e. The van der Waals surface area contributed by atoms with Crippen molar-refractivity contribution < 1.29 is 0 Å². The third-order valence-electron chi connectivity index (χ3n) is 5.96. The Morgan fingerprint density at radius 1 is 1.10 bits per heavy atom. The summed E-state index contributed by atoms with van der Waals surface area (Å²) in [5, 5.41) is 3.62. The van der Waals surface area contributed by atoms with Gasteiger partial charge < -0.3 is 5.32 Å². The summed E-state index contributed by atoms with van der Waals surface area (Å²) in [6.45, 7) is 4.78. The molecule has 2 fully saturated rings. The predicted molar refractivity (Wildman–Crippen MR) is 89.1 cm³/mol. The zero-order valence-corrected chi connectivity index (χ0v) is 13.5. The highest BCUT2D eigenvalue weighted by atomic mass is 14.9. The summed E-state index contributed by atoms with van der Waals surface area (Å²) < 4.78 is 0. The minimum atomic E-state index is 0.783. The topological polar surface area (TPSA) is 12.0 Å². The van der Waals surface area contributed by atoms with Crippen molar-refractivity contribution >= 4 is 0 Å². The Hall–Kier alpha value is -0.820. The van der Waals surface area contributed by atoms with E-state index in [1.807, 2.05) is 0 Å². The van der Waals surface area contributed by atoms with Gasteiger partial charge >= 0.3 is 0 Å². The monoisotopic (exact) mass is 283 g/mol. The molecule has 1 saturated heterocycles. The first-order valence-corrected chi connectivity index (χ1v) is 9.24. The van der Waals surface area contributed by atoms with Crippen molar-refractivity contribution in [1.29, 1.82) is 0 Å². The number of fused-ring (bicyclic) bond motifs is 1. The number of piperidine rings is 1. The molecule has 1 heteroatoms. The van der Waals surface area contributed by atoms with E-state index in [1.54, 1.807) is 27.8 Å². The van der Waals surface area contributed by atoms with Gasteiger partial charge in [0, 0.05) is 6.54 Å². The normalized spacial score (nSPS) is 25.1. The van der Waals surface area contributed by atoms with Crippen LogP contribution in [0.2, 0.25) is 0 Å². The standard InChI is InChI=1S/C20H29N/c1-2-15-12-20(16-5-4-10-21-13-16)18-7-3-6-17(18)19(15)11-14-8-9-14/h12,14,16,21H,2-11,13H2,1H3. The second kappa shape index (κ2) is 5.76. The van der Waals surface area contributed by atoms with E-state index in [0.717, 1.165) is 11.8 Å². The van der Waals surface area contributed by atoms with Crippen LogP contribution in [0.4, 0.5) is 0 Å². The van der Waals surface area contributed by atoms with Crippen molar-refractivity contribution in [2.24, 2.45) is 5.92 Å². The van der Waals surface area contributed by atoms with Crippen LogP contribution in [0.3, 0.4) is 0 Å². The number of hydrogen-bond donors (Lipinski definition) is 1. The third kappa shape index (κ3) is 2.65. The van der Waals surface area contributed by atoms with E-state index >= 15 is 0 Å². The maximum atomic E-state index is 3.62. The van der Waals surface area contributed by atoms with Crippen molar-refractivity contribution in [3.05, 3.63) is 33.9 Å². The van der Waals surface area contributed by atoms with Crippen LogP contribution in [-0.4, -0.2) is 13.1 Å². The molecular weight excluding hydrogens is 254 g/mol. The molecule has 114 valence electrons. The molecule has 2 aliphatic carbocycles. The Labute approximate surface area is 129 Å². The Morgan fingerprint density at radius 3 is 2.67 bits per heavy atom. The molecule has 0 radical (unpaired) electrons. The molecule has 4 rings (SSSR count). The van der Waals surface area contributed by atoms with Crippen LogP contribution in [0.1, 0.15) is 72.8 Å². The Morgan fingerprint density at radius 2 is 1.95 bits per heavy atom. The second-order valence-corrected chi connectivity index (χ2v) is 7.46. The van der Waals surface area contributed by atoms with Crippen molar-refractivity contribution in [2.75, 3.05) is 13.1 Å². The van der Waals surface area contributed by atoms with E-state index in [1.165, 1.54) is 70.9 Å². The van der Waals surface area contributed by atoms with Crippen molar-refractivity contribution in [3.8, 4) is 0 Å². The summed E-state index contributed by atoms with van der Waals surface area (Å²) in [5.74, 6) is 1.80. The summed E-state index contributed by atoms with van der Waals surface area (Å²) in [6, 6.07) is 2.62. The molecule has 1 nitrogen and oxygen atoms in total. The fourth-order valence-corrected chi connectivity index (χ4v) is 4.61. The molecule has 1 aromatic carbocycles. The van der Waals surface area contributed by atoms with Crippen LogP contribution >= 0.6 is 0 Å². The molecule has 1 heterocycles. The van der Waals surface area contributed by atoms with Crippen LogP contribution in [0.5, 0.6) is 0 Å². The molecule has 1 N–H and O–H groups in total. The zero-order valence-electron chi connectivity index (χ0n) is 13.5. The summed E-state index contributed by atoms with van der Waals surface area (Å²) in [6.07, 6.45) is 12.4. The van der Waals surface area contributed by atoms with Crippen LogP contribution < -0.4 is 5.32 Å². The lowest BCUT2D eigenvalue weighted by atomic mass is 9.82. The average Bonchev–Trinajstić information content (AvgIpc) is 3.22. The van der Waals surface area contributed by atoms with E-state index in [2.05, 4.69) is 18.3 Å². The molecule has 0 amide bonds. The van der Waals surface area contributed by atoms with Gasteiger partial charge in [0.25, 0.3) is 0 Å².